The van der Waals surface area contributed by atoms with E-state index >= 15 is 0 Å². The van der Waals surface area contributed by atoms with Gasteiger partial charge in [0.2, 0.25) is 14.8 Å². The predicted octanol–water partition coefficient (Wildman–Crippen LogP) is -2.02. The Balaban J connectivity index is 3.52. The van der Waals surface area contributed by atoms with Gasteiger partial charge >= 0.3 is 11.9 Å². The zero-order valence-corrected chi connectivity index (χ0v) is 7.84. The van der Waals surface area contributed by atoms with Gasteiger partial charge in [0, 0.05) is 0 Å². The zero-order chi connectivity index (χ0) is 14.1. The van der Waals surface area contributed by atoms with Crippen LogP contribution in [0.5, 0.6) is 0 Å². The molecular weight excluding hydrogens is 264 g/mol. The Kier molecular flexibility index (Phi) is 2.77. The third kappa shape index (κ3) is 1.52. The van der Waals surface area contributed by atoms with E-state index in [2.05, 4.69) is 15.4 Å². The molecule has 18 heavy (non-hydrogen) atoms. The average molecular weight is 264 g/mol. The van der Waals surface area contributed by atoms with Gasteiger partial charge in [-0.1, -0.05) is 0 Å². The van der Waals surface area contributed by atoms with Gasteiger partial charge in [-0.15, -0.1) is 0 Å². The molecule has 0 saturated heterocycles. The van der Waals surface area contributed by atoms with E-state index in [1.165, 1.54) is 0 Å². The van der Waals surface area contributed by atoms with E-state index in [1.807, 2.05) is 0 Å². The maximum absolute atomic E-state index is 10.5. The molecule has 0 unspecified atom stereocenters. The number of hydrogen-bond acceptors (Lipinski definition) is 11. The summed E-state index contributed by atoms with van der Waals surface area (Å²) in [6.45, 7) is 0. The second kappa shape index (κ2) is 3.92. The maximum atomic E-state index is 10.5. The standard InChI is InChI=1S/C2N8O8/c11-6(12)1-3-5-7(4-1)2(8(13)14,9(15)16)10(17)18. The number of rotatable bonds is 5. The topological polar surface area (TPSA) is 216 Å². The molecule has 0 aliphatic carbocycles. The molecule has 1 rings (SSSR count). The first kappa shape index (κ1) is 12.7. The molecule has 0 amide bonds. The fourth-order valence-corrected chi connectivity index (χ4v) is 0.826. The number of hydrogen-bond donors (Lipinski definition) is 0. The van der Waals surface area contributed by atoms with Crippen LogP contribution in [-0.4, -0.2) is 39.9 Å². The summed E-state index contributed by atoms with van der Waals surface area (Å²) < 4.78 is 0. The highest BCUT2D eigenvalue weighted by molar-refractivity contribution is 4.92. The summed E-state index contributed by atoms with van der Waals surface area (Å²) in [5, 5.41) is 49.5. The summed E-state index contributed by atoms with van der Waals surface area (Å²) in [7, 11) is 0. The smallest absolute Gasteiger partial charge is 0.390 e. The predicted molar refractivity (Wildman–Crippen MR) is 43.4 cm³/mol. The molecule has 0 saturated carbocycles. The molecule has 1 aromatic heterocycles. The molecule has 0 N–H and O–H groups in total. The van der Waals surface area contributed by atoms with Crippen molar-refractivity contribution in [3.05, 3.63) is 40.5 Å². The molecule has 0 aliphatic rings. The normalized spacial score (nSPS) is 10.9. The Morgan fingerprint density at radius 1 is 0.944 bits per heavy atom. The van der Waals surface area contributed by atoms with Crippen molar-refractivity contribution >= 4 is 5.95 Å². The van der Waals surface area contributed by atoms with Crippen LogP contribution in [0.3, 0.4) is 0 Å². The quantitative estimate of drug-likeness (QED) is 0.320. The van der Waals surface area contributed by atoms with E-state index in [9.17, 15) is 40.5 Å². The molecule has 0 spiro atoms. The first-order valence-corrected chi connectivity index (χ1v) is 3.63. The van der Waals surface area contributed by atoms with E-state index in [0.29, 0.717) is 0 Å². The third-order valence-electron chi connectivity index (χ3n) is 1.57. The van der Waals surface area contributed by atoms with Crippen LogP contribution in [-0.2, 0) is 5.91 Å². The minimum absolute atomic E-state index is 0.662. The van der Waals surface area contributed by atoms with Crippen molar-refractivity contribution < 1.29 is 19.7 Å². The fraction of sp³-hybridized carbons (Fsp3) is 0.500. The van der Waals surface area contributed by atoms with Crippen LogP contribution in [0.1, 0.15) is 0 Å². The lowest BCUT2D eigenvalue weighted by molar-refractivity contribution is -1.01. The third-order valence-corrected chi connectivity index (χ3v) is 1.57. The van der Waals surface area contributed by atoms with Crippen LogP contribution in [0.4, 0.5) is 5.95 Å². The Morgan fingerprint density at radius 2 is 1.39 bits per heavy atom. The zero-order valence-electron chi connectivity index (χ0n) is 7.84. The summed E-state index contributed by atoms with van der Waals surface area (Å²) >= 11 is 0. The van der Waals surface area contributed by atoms with E-state index in [0.717, 1.165) is 0 Å². The molecule has 0 atom stereocenters. The Bertz CT molecular complexity index is 509. The molecule has 96 valence electrons. The van der Waals surface area contributed by atoms with Gasteiger partial charge < -0.3 is 10.1 Å². The second-order valence-corrected chi connectivity index (χ2v) is 2.51. The Labute approximate surface area is 93.4 Å². The molecule has 0 aromatic carbocycles. The summed E-state index contributed by atoms with van der Waals surface area (Å²) in [6, 6.07) is 0. The van der Waals surface area contributed by atoms with Gasteiger partial charge in [0.15, 0.2) is 0 Å². The summed E-state index contributed by atoms with van der Waals surface area (Å²) in [5.41, 5.74) is 0. The summed E-state index contributed by atoms with van der Waals surface area (Å²) in [5.74, 6) is -5.56. The van der Waals surface area contributed by atoms with Gasteiger partial charge in [-0.05, 0) is 4.92 Å². The molecule has 0 bridgehead atoms. The molecule has 16 nitrogen and oxygen atoms in total. The largest absolute Gasteiger partial charge is 0.850 e. The minimum Gasteiger partial charge on any atom is -0.390 e. The van der Waals surface area contributed by atoms with Crippen LogP contribution in [0, 0.1) is 40.5 Å². The first-order valence-electron chi connectivity index (χ1n) is 3.63. The maximum Gasteiger partial charge on any atom is 0.850 e. The Morgan fingerprint density at radius 3 is 1.67 bits per heavy atom. The van der Waals surface area contributed by atoms with Crippen molar-refractivity contribution in [3.8, 4) is 0 Å². The lowest BCUT2D eigenvalue weighted by atomic mass is 10.7. The van der Waals surface area contributed by atoms with Gasteiger partial charge in [0.1, 0.15) is 4.80 Å². The van der Waals surface area contributed by atoms with Gasteiger partial charge in [-0.2, -0.15) is 0 Å². The highest BCUT2D eigenvalue weighted by atomic mass is 16.7. The highest BCUT2D eigenvalue weighted by Crippen LogP contribution is 2.17. The molecule has 16 heteroatoms. The van der Waals surface area contributed by atoms with Gasteiger partial charge in [0.05, 0.1) is 15.4 Å². The number of tetrazole rings is 1. The SMILES string of the molecule is O=[N+]([O-])c1nnn(C([N+](=O)[O-])([N+](=O)[O-])[N+](=O)[O-])n1. The summed E-state index contributed by atoms with van der Waals surface area (Å²) in [4.78, 5) is 34.0. The molecular formula is C2N8O8. The Hall–Kier alpha value is -3.33. The number of nitro groups is 4. The highest BCUT2D eigenvalue weighted by Gasteiger charge is 2.79. The van der Waals surface area contributed by atoms with Gasteiger partial charge in [-0.3, -0.25) is 30.3 Å². The van der Waals surface area contributed by atoms with Crippen LogP contribution < -0.4 is 0 Å². The van der Waals surface area contributed by atoms with Crippen LogP contribution in [0.25, 0.3) is 0 Å². The molecule has 0 radical (unpaired) electrons. The lowest BCUT2D eigenvalue weighted by Crippen LogP contribution is -2.56. The van der Waals surface area contributed by atoms with Crippen molar-refractivity contribution in [2.45, 2.75) is 5.91 Å². The van der Waals surface area contributed by atoms with Crippen LogP contribution >= 0.6 is 0 Å². The van der Waals surface area contributed by atoms with Crippen molar-refractivity contribution in [1.82, 2.24) is 20.2 Å². The monoisotopic (exact) mass is 264 g/mol. The summed E-state index contributed by atoms with van der Waals surface area (Å²) in [6.07, 6.45) is 0. The van der Waals surface area contributed by atoms with E-state index < -0.39 is 36.3 Å². The first-order chi connectivity index (χ1) is 8.24. The molecule has 1 aromatic rings. The van der Waals surface area contributed by atoms with Crippen molar-refractivity contribution in [2.75, 3.05) is 0 Å². The lowest BCUT2D eigenvalue weighted by Gasteiger charge is -2.02. The number of aromatic nitrogens is 4. The fourth-order valence-electron chi connectivity index (χ4n) is 0.826. The second-order valence-electron chi connectivity index (χ2n) is 2.51. The van der Waals surface area contributed by atoms with E-state index in [4.69, 9.17) is 0 Å². The average Bonchev–Trinajstić information content (AvgIpc) is 2.66. The van der Waals surface area contributed by atoms with Gasteiger partial charge in [0.25, 0.3) is 0 Å². The van der Waals surface area contributed by atoms with Crippen molar-refractivity contribution in [2.24, 2.45) is 0 Å². The van der Waals surface area contributed by atoms with Crippen LogP contribution in [0.15, 0.2) is 0 Å². The van der Waals surface area contributed by atoms with Crippen molar-refractivity contribution in [3.63, 3.8) is 0 Å². The minimum atomic E-state index is -4.21. The molecule has 0 fully saturated rings. The van der Waals surface area contributed by atoms with Crippen LogP contribution in [0.2, 0.25) is 0 Å². The van der Waals surface area contributed by atoms with Gasteiger partial charge in [-0.25, -0.2) is 0 Å². The molecule has 1 heterocycles. The van der Waals surface area contributed by atoms with Crippen molar-refractivity contribution in [1.29, 1.82) is 0 Å². The van der Waals surface area contributed by atoms with E-state index in [1.54, 1.807) is 0 Å². The van der Waals surface area contributed by atoms with E-state index in [-0.39, 0.29) is 0 Å². The molecule has 0 aliphatic heterocycles. The number of nitrogens with zero attached hydrogens (tertiary/aromatic N) is 8.